The van der Waals surface area contributed by atoms with Crippen LogP contribution in [0.1, 0.15) is 53.9 Å². The van der Waals surface area contributed by atoms with E-state index in [2.05, 4.69) is 47.4 Å². The van der Waals surface area contributed by atoms with Gasteiger partial charge in [-0.3, -0.25) is 4.90 Å². The van der Waals surface area contributed by atoms with Crippen molar-refractivity contribution in [3.05, 3.63) is 89.0 Å². The largest absolute Gasteiger partial charge is 0.416 e. The van der Waals surface area contributed by atoms with Crippen molar-refractivity contribution in [2.45, 2.75) is 44.2 Å². The minimum absolute atomic E-state index is 0. The summed E-state index contributed by atoms with van der Waals surface area (Å²) in [5, 5.41) is 0. The third kappa shape index (κ3) is 6.24. The Hall–Kier alpha value is -2.04. The molecule has 1 atom stereocenters. The molecule has 1 aliphatic heterocycles. The van der Waals surface area contributed by atoms with Crippen LogP contribution in [0.2, 0.25) is 0 Å². The van der Waals surface area contributed by atoms with Gasteiger partial charge in [-0.2, -0.15) is 13.2 Å². The van der Waals surface area contributed by atoms with Crippen LogP contribution in [0.4, 0.5) is 13.2 Å². The fraction of sp³-hybridized carbons (Fsp3) is 0.385. The van der Waals surface area contributed by atoms with Crippen molar-refractivity contribution in [2.75, 3.05) is 19.6 Å². The summed E-state index contributed by atoms with van der Waals surface area (Å²) in [6, 6.07) is 14.7. The summed E-state index contributed by atoms with van der Waals surface area (Å²) in [5.41, 5.74) is 3.92. The lowest BCUT2D eigenvalue weighted by molar-refractivity contribution is -0.137. The van der Waals surface area contributed by atoms with E-state index in [9.17, 15) is 13.2 Å². The molecular weight excluding hydrogens is 419 g/mol. The highest BCUT2D eigenvalue weighted by molar-refractivity contribution is 5.85. The van der Waals surface area contributed by atoms with E-state index in [0.29, 0.717) is 11.5 Å². The minimum Gasteiger partial charge on any atom is -0.299 e. The van der Waals surface area contributed by atoms with Crippen LogP contribution in [0.5, 0.6) is 0 Å². The Kier molecular flexibility index (Phi) is 8.01. The second-order valence-electron chi connectivity index (χ2n) is 8.33. The van der Waals surface area contributed by atoms with Gasteiger partial charge in [0, 0.05) is 19.6 Å². The van der Waals surface area contributed by atoms with E-state index in [1.165, 1.54) is 36.1 Å². The highest BCUT2D eigenvalue weighted by Crippen LogP contribution is 2.32. The van der Waals surface area contributed by atoms with E-state index >= 15 is 0 Å². The maximum atomic E-state index is 13.0. The number of benzene rings is 2. The summed E-state index contributed by atoms with van der Waals surface area (Å²) < 4.78 is 38.9. The fourth-order valence-corrected chi connectivity index (χ4v) is 4.41. The SMILES string of the molecule is Cl.FC(F)(F)c1cccc(C2=CCN(CCc3ccc(C4CC=CCC4)cc3)CC2)c1. The van der Waals surface area contributed by atoms with E-state index in [-0.39, 0.29) is 12.4 Å². The molecule has 0 saturated carbocycles. The Morgan fingerprint density at radius 2 is 1.81 bits per heavy atom. The number of alkyl halides is 3. The van der Waals surface area contributed by atoms with Crippen molar-refractivity contribution in [1.29, 1.82) is 0 Å². The van der Waals surface area contributed by atoms with Gasteiger partial charge in [0.25, 0.3) is 0 Å². The zero-order valence-corrected chi connectivity index (χ0v) is 18.4. The monoisotopic (exact) mass is 447 g/mol. The summed E-state index contributed by atoms with van der Waals surface area (Å²) >= 11 is 0. The smallest absolute Gasteiger partial charge is 0.299 e. The molecule has 0 N–H and O–H groups in total. The van der Waals surface area contributed by atoms with Crippen molar-refractivity contribution in [3.8, 4) is 0 Å². The summed E-state index contributed by atoms with van der Waals surface area (Å²) in [6.45, 7) is 2.64. The predicted molar refractivity (Wildman–Crippen MR) is 124 cm³/mol. The average Bonchev–Trinajstić information content (AvgIpc) is 2.78. The Labute approximate surface area is 189 Å². The Bertz CT molecular complexity index is 915. The van der Waals surface area contributed by atoms with Crippen LogP contribution in [0.3, 0.4) is 0 Å². The molecule has 2 aromatic rings. The summed E-state index contributed by atoms with van der Waals surface area (Å²) in [4.78, 5) is 2.37. The third-order valence-electron chi connectivity index (χ3n) is 6.29. The maximum Gasteiger partial charge on any atom is 0.416 e. The van der Waals surface area contributed by atoms with Gasteiger partial charge in [0.1, 0.15) is 0 Å². The topological polar surface area (TPSA) is 3.24 Å². The minimum atomic E-state index is -4.29. The first-order valence-corrected chi connectivity index (χ1v) is 10.8. The molecule has 31 heavy (non-hydrogen) atoms. The van der Waals surface area contributed by atoms with Crippen molar-refractivity contribution in [3.63, 3.8) is 0 Å². The molecule has 0 aromatic heterocycles. The molecule has 0 bridgehead atoms. The molecule has 1 aliphatic carbocycles. The van der Waals surface area contributed by atoms with Gasteiger partial charge in [-0.1, -0.05) is 54.6 Å². The van der Waals surface area contributed by atoms with Gasteiger partial charge in [-0.05, 0) is 72.4 Å². The van der Waals surface area contributed by atoms with Gasteiger partial charge in [0.15, 0.2) is 0 Å². The van der Waals surface area contributed by atoms with Crippen molar-refractivity contribution < 1.29 is 13.2 Å². The van der Waals surface area contributed by atoms with Gasteiger partial charge in [-0.15, -0.1) is 12.4 Å². The first-order chi connectivity index (χ1) is 14.5. The average molecular weight is 448 g/mol. The lowest BCUT2D eigenvalue weighted by atomic mass is 9.87. The van der Waals surface area contributed by atoms with Crippen LogP contribution < -0.4 is 0 Å². The number of rotatable bonds is 5. The standard InChI is InChI=1S/C26H28F3N.ClH/c27-26(28,29)25-8-4-7-24(19-25)23-14-17-30(18-15-23)16-13-20-9-11-22(12-10-20)21-5-2-1-3-6-21;/h1-2,4,7-12,14,19,21H,3,5-6,13,15-18H2;1H. The van der Waals surface area contributed by atoms with Gasteiger partial charge >= 0.3 is 6.18 Å². The van der Waals surface area contributed by atoms with Crippen LogP contribution >= 0.6 is 12.4 Å². The van der Waals surface area contributed by atoms with Gasteiger partial charge in [0.05, 0.1) is 5.56 Å². The van der Waals surface area contributed by atoms with E-state index in [1.807, 2.05) is 0 Å². The van der Waals surface area contributed by atoms with Gasteiger partial charge < -0.3 is 0 Å². The van der Waals surface area contributed by atoms with E-state index < -0.39 is 11.7 Å². The molecule has 0 saturated heterocycles. The van der Waals surface area contributed by atoms with Crippen LogP contribution in [-0.4, -0.2) is 24.5 Å². The van der Waals surface area contributed by atoms with Crippen molar-refractivity contribution in [1.82, 2.24) is 4.90 Å². The summed E-state index contributed by atoms with van der Waals surface area (Å²) in [6.07, 6.45) is 7.71. The molecule has 0 amide bonds. The molecule has 0 fully saturated rings. The van der Waals surface area contributed by atoms with E-state index in [4.69, 9.17) is 0 Å². The Balaban J connectivity index is 0.00000272. The molecule has 5 heteroatoms. The van der Waals surface area contributed by atoms with Gasteiger partial charge in [-0.25, -0.2) is 0 Å². The maximum absolute atomic E-state index is 13.0. The summed E-state index contributed by atoms with van der Waals surface area (Å²) in [7, 11) is 0. The first-order valence-electron chi connectivity index (χ1n) is 10.8. The van der Waals surface area contributed by atoms with E-state index in [1.54, 1.807) is 6.07 Å². The van der Waals surface area contributed by atoms with Crippen LogP contribution in [0.15, 0.2) is 66.8 Å². The molecule has 1 nitrogen and oxygen atoms in total. The zero-order chi connectivity index (χ0) is 21.0. The molecule has 1 unspecified atom stereocenters. The second kappa shape index (κ2) is 10.5. The number of nitrogens with zero attached hydrogens (tertiary/aromatic N) is 1. The number of hydrogen-bond donors (Lipinski definition) is 0. The first kappa shape index (κ1) is 23.6. The number of halogens is 4. The molecule has 4 rings (SSSR count). The highest BCUT2D eigenvalue weighted by atomic mass is 35.5. The van der Waals surface area contributed by atoms with Crippen molar-refractivity contribution in [2.24, 2.45) is 0 Å². The number of hydrogen-bond acceptors (Lipinski definition) is 1. The normalized spacial score (nSPS) is 19.6. The van der Waals surface area contributed by atoms with Crippen molar-refractivity contribution >= 4 is 18.0 Å². The van der Waals surface area contributed by atoms with Crippen LogP contribution in [0, 0.1) is 0 Å². The molecule has 1 heterocycles. The molecule has 2 aromatic carbocycles. The zero-order valence-electron chi connectivity index (χ0n) is 17.6. The molecule has 2 aliphatic rings. The fourth-order valence-electron chi connectivity index (χ4n) is 4.41. The van der Waals surface area contributed by atoms with Gasteiger partial charge in [0.2, 0.25) is 0 Å². The molecule has 166 valence electrons. The third-order valence-corrected chi connectivity index (χ3v) is 6.29. The Morgan fingerprint density at radius 1 is 1.00 bits per heavy atom. The highest BCUT2D eigenvalue weighted by Gasteiger charge is 2.30. The second-order valence-corrected chi connectivity index (χ2v) is 8.33. The predicted octanol–water partition coefficient (Wildman–Crippen LogP) is 7.28. The quantitative estimate of drug-likeness (QED) is 0.435. The van der Waals surface area contributed by atoms with E-state index in [0.717, 1.165) is 50.5 Å². The molecule has 0 spiro atoms. The van der Waals surface area contributed by atoms with Crippen LogP contribution in [0.25, 0.3) is 5.57 Å². The number of allylic oxidation sites excluding steroid dienone is 2. The van der Waals surface area contributed by atoms with Crippen LogP contribution in [-0.2, 0) is 12.6 Å². The Morgan fingerprint density at radius 3 is 2.45 bits per heavy atom. The summed E-state index contributed by atoms with van der Waals surface area (Å²) in [5.74, 6) is 0.658. The molecular formula is C26H29ClF3N. The lowest BCUT2D eigenvalue weighted by Crippen LogP contribution is -2.30. The lowest BCUT2D eigenvalue weighted by Gasteiger charge is -2.27. The molecule has 0 radical (unpaired) electrons.